The van der Waals surface area contributed by atoms with E-state index in [0.29, 0.717) is 93.9 Å². The number of nitrogens with zero attached hydrogens (tertiary/aromatic N) is 4. The number of pyridine rings is 2. The highest BCUT2D eigenvalue weighted by Gasteiger charge is 2.21. The molecule has 78 heavy (non-hydrogen) atoms. The number of rotatable bonds is 32. The number of hydrogen-bond acceptors (Lipinski definition) is 16. The fraction of sp³-hybridized carbons (Fsp3) is 0.291. The zero-order valence-electron chi connectivity index (χ0n) is 42.9. The Hall–Kier alpha value is -8.16. The zero-order valence-corrected chi connectivity index (χ0v) is 43.8. The zero-order chi connectivity index (χ0) is 55.1. The molecule has 4 aromatic carbocycles. The third-order valence-electron chi connectivity index (χ3n) is 12.1. The average Bonchev–Trinajstić information content (AvgIpc) is 4.00. The minimum Gasteiger partial charge on any atom is -0.480 e. The average molecular weight is 1090 g/mol. The summed E-state index contributed by atoms with van der Waals surface area (Å²) in [5, 5.41) is 29.3. The molecule has 1 atom stereocenters. The van der Waals surface area contributed by atoms with E-state index in [0.717, 1.165) is 40.8 Å². The lowest BCUT2D eigenvalue weighted by Crippen LogP contribution is -2.46. The lowest BCUT2D eigenvalue weighted by molar-refractivity contribution is -0.139. The summed E-state index contributed by atoms with van der Waals surface area (Å²) in [6, 6.07) is 29.4. The van der Waals surface area contributed by atoms with Gasteiger partial charge < -0.3 is 50.1 Å². The van der Waals surface area contributed by atoms with E-state index < -0.39 is 33.5 Å². The molecular formula is C55H63N11O11S. The van der Waals surface area contributed by atoms with Crippen LogP contribution >= 0.6 is 0 Å². The molecule has 410 valence electrons. The molecule has 9 N–H and O–H groups in total. The first-order valence-electron chi connectivity index (χ1n) is 25.1. The molecule has 3 heterocycles. The summed E-state index contributed by atoms with van der Waals surface area (Å²) in [5.41, 5.74) is 8.32. The van der Waals surface area contributed by atoms with Crippen LogP contribution in [0.1, 0.15) is 55.8 Å². The Balaban J connectivity index is 0.688. The maximum absolute atomic E-state index is 13.4. The molecule has 7 aromatic rings. The Morgan fingerprint density at radius 2 is 1.44 bits per heavy atom. The number of H-pyrrole nitrogens is 1. The first-order chi connectivity index (χ1) is 37.8. The van der Waals surface area contributed by atoms with Gasteiger partial charge in [0.1, 0.15) is 22.3 Å². The minimum absolute atomic E-state index is 0.0790. The molecule has 0 aliphatic heterocycles. The number of aromatic amines is 1. The Bertz CT molecular complexity index is 3270. The fourth-order valence-corrected chi connectivity index (χ4v) is 8.56. The number of carbonyl (C=O) groups is 3. The van der Waals surface area contributed by atoms with Gasteiger partial charge in [-0.25, -0.2) is 9.97 Å². The van der Waals surface area contributed by atoms with Gasteiger partial charge in [-0.05, 0) is 77.5 Å². The number of imidazole rings is 1. The van der Waals surface area contributed by atoms with Gasteiger partial charge in [0.2, 0.25) is 5.43 Å². The summed E-state index contributed by atoms with van der Waals surface area (Å²) in [4.78, 5) is 62.2. The standard InChI is InChI=1S/C55H63N11O11S/c1-66-37-46(51(67)45-18-12-40(30-48(45)66)33-63-55-58-22-23-59-55)53(69)62-36-47(54(70)71)60-32-39-10-15-42(16-11-39)41-13-8-38(9-14-41)31-56-20-4-24-75-26-28-77-29-27-76-25-5-21-57-52(68)44-17-19-50(61-34-44)65-64-35-43-6-2-3-7-49(43)78(72,73)74/h2-3,6-19,22-23,30,34-35,37,47,56,60H,4-5,20-21,24-29,31-33,36H2,1H3,(H,57,68)(H,61,65)(H,62,69)(H,70,71)(H2,58,59,63)(H,72,73,74)/b64-35+. The number of amides is 2. The highest BCUT2D eigenvalue weighted by Crippen LogP contribution is 2.21. The number of hydrogen-bond donors (Lipinski definition) is 9. The van der Waals surface area contributed by atoms with Crippen LogP contribution in [0.15, 0.2) is 143 Å². The van der Waals surface area contributed by atoms with Crippen molar-refractivity contribution in [2.45, 2.75) is 43.4 Å². The highest BCUT2D eigenvalue weighted by atomic mass is 32.2. The Labute approximate surface area is 450 Å². The molecule has 0 bridgehead atoms. The highest BCUT2D eigenvalue weighted by molar-refractivity contribution is 7.86. The second-order valence-corrected chi connectivity index (χ2v) is 19.2. The van der Waals surface area contributed by atoms with Crippen molar-refractivity contribution in [1.82, 2.24) is 40.8 Å². The summed E-state index contributed by atoms with van der Waals surface area (Å²) in [6.07, 6.45) is 8.91. The molecular weight excluding hydrogens is 1020 g/mol. The molecule has 0 saturated carbocycles. The molecule has 0 spiro atoms. The number of fused-ring (bicyclic) bond motifs is 1. The van der Waals surface area contributed by atoms with Crippen molar-refractivity contribution in [3.05, 3.63) is 172 Å². The summed E-state index contributed by atoms with van der Waals surface area (Å²) in [6.45, 7) is 5.24. The molecule has 1 unspecified atom stereocenters. The second-order valence-electron chi connectivity index (χ2n) is 17.8. The van der Waals surface area contributed by atoms with Crippen LogP contribution in [0.3, 0.4) is 0 Å². The number of anilines is 2. The van der Waals surface area contributed by atoms with Crippen LogP contribution in [0.2, 0.25) is 0 Å². The molecule has 0 saturated heterocycles. The number of aryl methyl sites for hydroxylation is 1. The van der Waals surface area contributed by atoms with Gasteiger partial charge in [0.25, 0.3) is 21.9 Å². The van der Waals surface area contributed by atoms with Crippen LogP contribution in [-0.2, 0) is 55.8 Å². The lowest BCUT2D eigenvalue weighted by atomic mass is 10.0. The fourth-order valence-electron chi connectivity index (χ4n) is 7.89. The van der Waals surface area contributed by atoms with Crippen molar-refractivity contribution in [2.24, 2.45) is 12.1 Å². The number of carbonyl (C=O) groups excluding carboxylic acids is 2. The molecule has 23 heteroatoms. The number of aliphatic carboxylic acids is 1. The summed E-state index contributed by atoms with van der Waals surface area (Å²) >= 11 is 0. The van der Waals surface area contributed by atoms with Crippen LogP contribution in [-0.4, -0.2) is 127 Å². The third-order valence-corrected chi connectivity index (χ3v) is 13.0. The van der Waals surface area contributed by atoms with Crippen LogP contribution in [0, 0.1) is 0 Å². The van der Waals surface area contributed by atoms with E-state index in [2.05, 4.69) is 76.3 Å². The summed E-state index contributed by atoms with van der Waals surface area (Å²) in [5.74, 6) is -1.13. The Morgan fingerprint density at radius 1 is 0.769 bits per heavy atom. The molecule has 2 amide bonds. The summed E-state index contributed by atoms with van der Waals surface area (Å²) in [7, 11) is -2.65. The van der Waals surface area contributed by atoms with E-state index in [1.165, 1.54) is 36.8 Å². The van der Waals surface area contributed by atoms with E-state index in [9.17, 15) is 37.3 Å². The number of aromatic nitrogens is 4. The van der Waals surface area contributed by atoms with Gasteiger partial charge in [-0.15, -0.1) is 0 Å². The van der Waals surface area contributed by atoms with Crippen molar-refractivity contribution >= 4 is 56.8 Å². The molecule has 0 fully saturated rings. The number of hydrazone groups is 1. The third kappa shape index (κ3) is 17.7. The van der Waals surface area contributed by atoms with Crippen LogP contribution in [0.5, 0.6) is 0 Å². The van der Waals surface area contributed by atoms with Crippen molar-refractivity contribution in [3.63, 3.8) is 0 Å². The topological polar surface area (TPSA) is 302 Å². The monoisotopic (exact) mass is 1090 g/mol. The lowest BCUT2D eigenvalue weighted by Gasteiger charge is -2.16. The number of ether oxygens (including phenoxy) is 3. The van der Waals surface area contributed by atoms with Crippen molar-refractivity contribution < 1.29 is 46.7 Å². The molecule has 7 rings (SSSR count). The number of nitrogens with one attached hydrogen (secondary N) is 7. The van der Waals surface area contributed by atoms with Crippen LogP contribution < -0.4 is 37.4 Å². The Morgan fingerprint density at radius 3 is 2.09 bits per heavy atom. The van der Waals surface area contributed by atoms with Gasteiger partial charge in [-0.3, -0.25) is 34.5 Å². The van der Waals surface area contributed by atoms with E-state index in [4.69, 9.17) is 14.2 Å². The maximum Gasteiger partial charge on any atom is 0.322 e. The predicted molar refractivity (Wildman–Crippen MR) is 295 cm³/mol. The number of carboxylic acids is 1. The van der Waals surface area contributed by atoms with E-state index in [-0.39, 0.29) is 35.0 Å². The van der Waals surface area contributed by atoms with Gasteiger partial charge in [-0.2, -0.15) is 13.5 Å². The van der Waals surface area contributed by atoms with Crippen LogP contribution in [0.4, 0.5) is 11.8 Å². The number of carboxylic acid groups (broad SMARTS) is 1. The maximum atomic E-state index is 13.4. The predicted octanol–water partition coefficient (Wildman–Crippen LogP) is 4.95. The Kier molecular flexibility index (Phi) is 21.7. The van der Waals surface area contributed by atoms with Gasteiger partial charge in [-0.1, -0.05) is 72.8 Å². The molecule has 0 aliphatic rings. The van der Waals surface area contributed by atoms with Crippen molar-refractivity contribution in [2.75, 3.05) is 70.0 Å². The van der Waals surface area contributed by atoms with Crippen LogP contribution in [0.25, 0.3) is 22.0 Å². The normalized spacial score (nSPS) is 11.9. The minimum atomic E-state index is -4.40. The van der Waals surface area contributed by atoms with E-state index in [1.54, 1.807) is 48.3 Å². The smallest absolute Gasteiger partial charge is 0.322 e. The van der Waals surface area contributed by atoms with Gasteiger partial charge in [0.05, 0.1) is 43.7 Å². The first-order valence-corrected chi connectivity index (χ1v) is 26.6. The second kappa shape index (κ2) is 29.4. The first kappa shape index (κ1) is 57.5. The molecule has 0 aliphatic carbocycles. The molecule has 22 nitrogen and oxygen atoms in total. The largest absolute Gasteiger partial charge is 0.480 e. The van der Waals surface area contributed by atoms with Crippen molar-refractivity contribution in [1.29, 1.82) is 0 Å². The summed E-state index contributed by atoms with van der Waals surface area (Å²) < 4.78 is 51.0. The van der Waals surface area contributed by atoms with Gasteiger partial charge in [0, 0.05) is 88.7 Å². The van der Waals surface area contributed by atoms with E-state index >= 15 is 0 Å². The molecule has 3 aromatic heterocycles. The molecule has 0 radical (unpaired) electrons. The van der Waals surface area contributed by atoms with Gasteiger partial charge in [0.15, 0.2) is 5.95 Å². The quantitative estimate of drug-likeness (QED) is 0.0117. The van der Waals surface area contributed by atoms with E-state index in [1.807, 2.05) is 36.4 Å². The number of benzene rings is 4. The SMILES string of the molecule is Cn1cc(C(=O)NCC(NCc2ccc(-c3ccc(CNCCCOCCOCCOCCCNC(=O)c4ccc(N/N=C/c5ccccc5S(=O)(=O)O)nc4)cc3)cc2)C(=O)O)c(=O)c2ccc(CNc3ncc[nH]3)cc21. The van der Waals surface area contributed by atoms with Gasteiger partial charge >= 0.3 is 5.97 Å². The van der Waals surface area contributed by atoms with Crippen molar-refractivity contribution in [3.8, 4) is 11.1 Å².